The fraction of sp³-hybridized carbons (Fsp3) is 0.182. The van der Waals surface area contributed by atoms with Crippen molar-refractivity contribution in [1.29, 1.82) is 0 Å². The van der Waals surface area contributed by atoms with Crippen LogP contribution in [0.5, 0.6) is 0 Å². The van der Waals surface area contributed by atoms with Crippen molar-refractivity contribution in [3.05, 3.63) is 42.5 Å². The Kier molecular flexibility index (Phi) is 3.99. The standard InChI is InChI=1S/C11H12F2N2O/c1-3-7-15(2)11(16)14-9-6-4-5-8(12)10(9)13/h3-6H,1,7H2,2H3,(H,14,16). The third-order valence-electron chi connectivity index (χ3n) is 1.94. The molecule has 0 bridgehead atoms. The zero-order chi connectivity index (χ0) is 12.1. The first-order chi connectivity index (χ1) is 7.56. The third kappa shape index (κ3) is 2.79. The SMILES string of the molecule is C=CCN(C)C(=O)Nc1cccc(F)c1F. The van der Waals surface area contributed by atoms with Gasteiger partial charge in [-0.3, -0.25) is 0 Å². The highest BCUT2D eigenvalue weighted by molar-refractivity contribution is 5.89. The maximum Gasteiger partial charge on any atom is 0.321 e. The summed E-state index contributed by atoms with van der Waals surface area (Å²) >= 11 is 0. The Balaban J connectivity index is 2.77. The lowest BCUT2D eigenvalue weighted by atomic mass is 10.3. The van der Waals surface area contributed by atoms with Gasteiger partial charge in [-0.2, -0.15) is 0 Å². The fourth-order valence-corrected chi connectivity index (χ4v) is 1.09. The molecule has 0 aliphatic rings. The molecule has 0 heterocycles. The molecular formula is C11H12F2N2O. The number of rotatable bonds is 3. The molecule has 0 spiro atoms. The summed E-state index contributed by atoms with van der Waals surface area (Å²) in [7, 11) is 1.52. The highest BCUT2D eigenvalue weighted by atomic mass is 19.2. The number of carbonyl (C=O) groups is 1. The minimum absolute atomic E-state index is 0.180. The molecule has 2 amide bonds. The van der Waals surface area contributed by atoms with Gasteiger partial charge in [0.2, 0.25) is 0 Å². The lowest BCUT2D eigenvalue weighted by Crippen LogP contribution is -2.31. The number of hydrogen-bond donors (Lipinski definition) is 1. The van der Waals surface area contributed by atoms with E-state index in [0.717, 1.165) is 6.07 Å². The van der Waals surface area contributed by atoms with Crippen LogP contribution in [0, 0.1) is 11.6 Å². The molecule has 0 saturated heterocycles. The van der Waals surface area contributed by atoms with Gasteiger partial charge in [0.1, 0.15) is 0 Å². The van der Waals surface area contributed by atoms with Gasteiger partial charge in [-0.25, -0.2) is 13.6 Å². The second-order valence-electron chi connectivity index (χ2n) is 3.20. The van der Waals surface area contributed by atoms with Crippen LogP contribution >= 0.6 is 0 Å². The van der Waals surface area contributed by atoms with E-state index < -0.39 is 17.7 Å². The van der Waals surface area contributed by atoms with Crippen LogP contribution in [-0.2, 0) is 0 Å². The molecule has 0 saturated carbocycles. The van der Waals surface area contributed by atoms with Crippen molar-refractivity contribution in [3.8, 4) is 0 Å². The summed E-state index contributed by atoms with van der Waals surface area (Å²) in [6, 6.07) is 3.07. The van der Waals surface area contributed by atoms with E-state index in [1.807, 2.05) is 0 Å². The third-order valence-corrected chi connectivity index (χ3v) is 1.94. The van der Waals surface area contributed by atoms with Gasteiger partial charge in [0.25, 0.3) is 0 Å². The average molecular weight is 226 g/mol. The number of urea groups is 1. The van der Waals surface area contributed by atoms with Gasteiger partial charge in [0.15, 0.2) is 11.6 Å². The summed E-state index contributed by atoms with van der Waals surface area (Å²) in [5.41, 5.74) is -0.180. The number of halogens is 2. The second-order valence-corrected chi connectivity index (χ2v) is 3.20. The van der Waals surface area contributed by atoms with Crippen molar-refractivity contribution in [1.82, 2.24) is 4.90 Å². The normalized spacial score (nSPS) is 9.69. The number of nitrogens with zero attached hydrogens (tertiary/aromatic N) is 1. The van der Waals surface area contributed by atoms with E-state index in [2.05, 4.69) is 11.9 Å². The highest BCUT2D eigenvalue weighted by Gasteiger charge is 2.12. The Bertz CT molecular complexity index is 407. The molecule has 0 atom stereocenters. The minimum atomic E-state index is -1.07. The zero-order valence-corrected chi connectivity index (χ0v) is 8.84. The molecule has 0 aromatic heterocycles. The van der Waals surface area contributed by atoms with Crippen molar-refractivity contribution >= 4 is 11.7 Å². The van der Waals surface area contributed by atoms with Crippen LogP contribution in [0.4, 0.5) is 19.3 Å². The quantitative estimate of drug-likeness (QED) is 0.789. The molecular weight excluding hydrogens is 214 g/mol. The van der Waals surface area contributed by atoms with E-state index in [9.17, 15) is 13.6 Å². The number of anilines is 1. The number of hydrogen-bond acceptors (Lipinski definition) is 1. The number of carbonyl (C=O) groups excluding carboxylic acids is 1. The molecule has 16 heavy (non-hydrogen) atoms. The minimum Gasteiger partial charge on any atom is -0.324 e. The molecule has 0 radical (unpaired) electrons. The average Bonchev–Trinajstić information content (AvgIpc) is 2.25. The molecule has 1 aromatic rings. The van der Waals surface area contributed by atoms with Crippen molar-refractivity contribution < 1.29 is 13.6 Å². The largest absolute Gasteiger partial charge is 0.324 e. The van der Waals surface area contributed by atoms with Gasteiger partial charge < -0.3 is 10.2 Å². The Hall–Kier alpha value is -1.91. The van der Waals surface area contributed by atoms with Crippen LogP contribution in [-0.4, -0.2) is 24.5 Å². The summed E-state index contributed by atoms with van der Waals surface area (Å²) in [6.45, 7) is 3.79. The molecule has 3 nitrogen and oxygen atoms in total. The number of amides is 2. The van der Waals surface area contributed by atoms with Crippen molar-refractivity contribution in [3.63, 3.8) is 0 Å². The first-order valence-corrected chi connectivity index (χ1v) is 4.63. The summed E-state index contributed by atoms with van der Waals surface area (Å²) in [4.78, 5) is 12.7. The zero-order valence-electron chi connectivity index (χ0n) is 8.84. The molecule has 0 aliphatic carbocycles. The van der Waals surface area contributed by atoms with Gasteiger partial charge in [-0.1, -0.05) is 12.1 Å². The van der Waals surface area contributed by atoms with Crippen LogP contribution in [0.2, 0.25) is 0 Å². The Labute approximate surface area is 92.4 Å². The first kappa shape index (κ1) is 12.2. The molecule has 5 heteroatoms. The molecule has 86 valence electrons. The van der Waals surface area contributed by atoms with Crippen LogP contribution in [0.3, 0.4) is 0 Å². The van der Waals surface area contributed by atoms with Gasteiger partial charge in [0.05, 0.1) is 5.69 Å². The number of nitrogens with one attached hydrogen (secondary N) is 1. The smallest absolute Gasteiger partial charge is 0.321 e. The van der Waals surface area contributed by atoms with E-state index in [-0.39, 0.29) is 5.69 Å². The van der Waals surface area contributed by atoms with Gasteiger partial charge in [-0.05, 0) is 12.1 Å². The molecule has 0 aliphatic heterocycles. The molecule has 1 aromatic carbocycles. The van der Waals surface area contributed by atoms with Crippen LogP contribution in [0.1, 0.15) is 0 Å². The van der Waals surface area contributed by atoms with Gasteiger partial charge in [-0.15, -0.1) is 6.58 Å². The Morgan fingerprint density at radius 1 is 1.56 bits per heavy atom. The predicted molar refractivity (Wildman–Crippen MR) is 58.2 cm³/mol. The van der Waals surface area contributed by atoms with E-state index >= 15 is 0 Å². The lowest BCUT2D eigenvalue weighted by molar-refractivity contribution is 0.226. The van der Waals surface area contributed by atoms with E-state index in [1.54, 1.807) is 0 Å². The van der Waals surface area contributed by atoms with Crippen molar-refractivity contribution in [2.45, 2.75) is 0 Å². The molecule has 1 N–H and O–H groups in total. The highest BCUT2D eigenvalue weighted by Crippen LogP contribution is 2.16. The maximum atomic E-state index is 13.2. The first-order valence-electron chi connectivity index (χ1n) is 4.63. The van der Waals surface area contributed by atoms with Crippen molar-refractivity contribution in [2.24, 2.45) is 0 Å². The molecule has 0 unspecified atom stereocenters. The lowest BCUT2D eigenvalue weighted by Gasteiger charge is -2.16. The van der Waals surface area contributed by atoms with E-state index in [1.165, 1.54) is 30.2 Å². The summed E-state index contributed by atoms with van der Waals surface area (Å²) in [6.07, 6.45) is 1.53. The molecule has 0 fully saturated rings. The topological polar surface area (TPSA) is 32.3 Å². The Morgan fingerprint density at radius 2 is 2.25 bits per heavy atom. The monoisotopic (exact) mass is 226 g/mol. The summed E-state index contributed by atoms with van der Waals surface area (Å²) in [5.74, 6) is -2.06. The molecule has 1 rings (SSSR count). The number of benzene rings is 1. The second kappa shape index (κ2) is 5.25. The van der Waals surface area contributed by atoms with Crippen LogP contribution < -0.4 is 5.32 Å². The van der Waals surface area contributed by atoms with Gasteiger partial charge >= 0.3 is 6.03 Å². The maximum absolute atomic E-state index is 13.2. The van der Waals surface area contributed by atoms with Gasteiger partial charge in [0, 0.05) is 13.6 Å². The van der Waals surface area contributed by atoms with Crippen LogP contribution in [0.25, 0.3) is 0 Å². The fourth-order valence-electron chi connectivity index (χ4n) is 1.09. The van der Waals surface area contributed by atoms with E-state index in [4.69, 9.17) is 0 Å². The predicted octanol–water partition coefficient (Wildman–Crippen LogP) is 2.61. The van der Waals surface area contributed by atoms with Crippen LogP contribution in [0.15, 0.2) is 30.9 Å². The Morgan fingerprint density at radius 3 is 2.88 bits per heavy atom. The number of likely N-dealkylation sites (N-methyl/N-ethyl adjacent to an activating group) is 1. The summed E-state index contributed by atoms with van der Waals surface area (Å²) < 4.78 is 26.0. The van der Waals surface area contributed by atoms with E-state index in [0.29, 0.717) is 6.54 Å². The summed E-state index contributed by atoms with van der Waals surface area (Å²) in [5, 5.41) is 2.26. The van der Waals surface area contributed by atoms with Crippen molar-refractivity contribution in [2.75, 3.05) is 18.9 Å².